The molecular formula is C14H26N4O2. The summed E-state index contributed by atoms with van der Waals surface area (Å²) in [5.74, 6) is 0.202. The first-order valence-corrected chi connectivity index (χ1v) is 7.65. The fourth-order valence-corrected chi connectivity index (χ4v) is 2.89. The molecule has 2 rings (SSSR count). The molecule has 2 aliphatic rings. The average Bonchev–Trinajstić information content (AvgIpc) is 2.50. The number of nitrogens with zero attached hydrogens (tertiary/aromatic N) is 1. The molecule has 0 spiro atoms. The minimum absolute atomic E-state index is 0.00681. The van der Waals surface area contributed by atoms with Gasteiger partial charge in [-0.25, -0.2) is 0 Å². The van der Waals surface area contributed by atoms with E-state index >= 15 is 0 Å². The van der Waals surface area contributed by atoms with Crippen LogP contribution in [0.3, 0.4) is 0 Å². The first-order chi connectivity index (χ1) is 9.69. The molecule has 2 amide bonds. The van der Waals surface area contributed by atoms with Crippen LogP contribution in [0.15, 0.2) is 0 Å². The number of likely N-dealkylation sites (tertiary alicyclic amines) is 1. The summed E-state index contributed by atoms with van der Waals surface area (Å²) in [5.41, 5.74) is 0. The van der Waals surface area contributed by atoms with Crippen molar-refractivity contribution in [3.63, 3.8) is 0 Å². The third-order valence-corrected chi connectivity index (χ3v) is 4.21. The van der Waals surface area contributed by atoms with E-state index in [9.17, 15) is 9.59 Å². The van der Waals surface area contributed by atoms with Gasteiger partial charge in [-0.15, -0.1) is 0 Å². The number of hydrogen-bond donors (Lipinski definition) is 3. The number of hydrogen-bond acceptors (Lipinski definition) is 4. The van der Waals surface area contributed by atoms with Gasteiger partial charge < -0.3 is 16.0 Å². The van der Waals surface area contributed by atoms with Gasteiger partial charge in [0.1, 0.15) is 0 Å². The fraction of sp³-hybridized carbons (Fsp3) is 0.857. The number of carbonyl (C=O) groups is 2. The largest absolute Gasteiger partial charge is 0.358 e. The number of nitrogens with one attached hydrogen (secondary N) is 3. The summed E-state index contributed by atoms with van der Waals surface area (Å²) in [6, 6.07) is 0.250. The van der Waals surface area contributed by atoms with Gasteiger partial charge in [-0.05, 0) is 32.2 Å². The van der Waals surface area contributed by atoms with Crippen LogP contribution in [0.5, 0.6) is 0 Å². The normalized spacial score (nSPS) is 25.1. The van der Waals surface area contributed by atoms with Gasteiger partial charge in [0.15, 0.2) is 0 Å². The summed E-state index contributed by atoms with van der Waals surface area (Å²) in [7, 11) is 1.66. The highest BCUT2D eigenvalue weighted by Crippen LogP contribution is 2.12. The Morgan fingerprint density at radius 2 is 1.95 bits per heavy atom. The molecule has 2 aliphatic heterocycles. The van der Waals surface area contributed by atoms with E-state index in [1.165, 1.54) is 6.42 Å². The summed E-state index contributed by atoms with van der Waals surface area (Å²) in [5, 5.41) is 9.06. The lowest BCUT2D eigenvalue weighted by Gasteiger charge is -2.33. The van der Waals surface area contributed by atoms with Gasteiger partial charge in [0, 0.05) is 26.2 Å². The monoisotopic (exact) mass is 282 g/mol. The predicted molar refractivity (Wildman–Crippen MR) is 77.3 cm³/mol. The average molecular weight is 282 g/mol. The van der Waals surface area contributed by atoms with Gasteiger partial charge in [-0.1, -0.05) is 6.42 Å². The lowest BCUT2D eigenvalue weighted by molar-refractivity contribution is -0.125. The lowest BCUT2D eigenvalue weighted by Crippen LogP contribution is -2.52. The Hall–Kier alpha value is -1.14. The molecular weight excluding hydrogens is 256 g/mol. The van der Waals surface area contributed by atoms with E-state index in [4.69, 9.17) is 0 Å². The summed E-state index contributed by atoms with van der Waals surface area (Å²) >= 11 is 0. The SMILES string of the molecule is CNC(=O)CN1CCC(NC(=O)C2CCCCN2)CC1. The number of carbonyl (C=O) groups excluding carboxylic acids is 2. The van der Waals surface area contributed by atoms with Crippen LogP contribution in [0.1, 0.15) is 32.1 Å². The highest BCUT2D eigenvalue weighted by molar-refractivity contribution is 5.82. The molecule has 6 heteroatoms. The molecule has 3 N–H and O–H groups in total. The Balaban J connectivity index is 1.68. The molecule has 20 heavy (non-hydrogen) atoms. The highest BCUT2D eigenvalue weighted by Gasteiger charge is 2.25. The molecule has 0 bridgehead atoms. The van der Waals surface area contributed by atoms with Crippen LogP contribution in [0.2, 0.25) is 0 Å². The lowest BCUT2D eigenvalue weighted by atomic mass is 10.0. The number of amides is 2. The number of likely N-dealkylation sites (N-methyl/N-ethyl adjacent to an activating group) is 1. The van der Waals surface area contributed by atoms with Crippen LogP contribution in [-0.2, 0) is 9.59 Å². The van der Waals surface area contributed by atoms with Gasteiger partial charge in [-0.3, -0.25) is 14.5 Å². The van der Waals surface area contributed by atoms with Crippen LogP contribution in [-0.4, -0.2) is 62.0 Å². The van der Waals surface area contributed by atoms with Crippen LogP contribution >= 0.6 is 0 Å². The van der Waals surface area contributed by atoms with Crippen molar-refractivity contribution in [3.05, 3.63) is 0 Å². The van der Waals surface area contributed by atoms with Gasteiger partial charge in [-0.2, -0.15) is 0 Å². The maximum Gasteiger partial charge on any atom is 0.237 e. The molecule has 1 atom stereocenters. The zero-order valence-corrected chi connectivity index (χ0v) is 12.3. The van der Waals surface area contributed by atoms with Crippen LogP contribution in [0.4, 0.5) is 0 Å². The number of piperidine rings is 2. The Bertz CT molecular complexity index is 334. The van der Waals surface area contributed by atoms with E-state index in [1.807, 2.05) is 0 Å². The fourth-order valence-electron chi connectivity index (χ4n) is 2.89. The van der Waals surface area contributed by atoms with Crippen molar-refractivity contribution in [3.8, 4) is 0 Å². The molecule has 0 aliphatic carbocycles. The maximum absolute atomic E-state index is 12.1. The molecule has 0 aromatic carbocycles. The van der Waals surface area contributed by atoms with E-state index in [0.29, 0.717) is 6.54 Å². The molecule has 1 unspecified atom stereocenters. The second-order valence-electron chi connectivity index (χ2n) is 5.73. The van der Waals surface area contributed by atoms with E-state index in [-0.39, 0.29) is 23.9 Å². The third kappa shape index (κ3) is 4.45. The van der Waals surface area contributed by atoms with Gasteiger partial charge in [0.05, 0.1) is 12.6 Å². The maximum atomic E-state index is 12.1. The summed E-state index contributed by atoms with van der Waals surface area (Å²) in [6.07, 6.45) is 5.10. The topological polar surface area (TPSA) is 73.5 Å². The van der Waals surface area contributed by atoms with Crippen molar-refractivity contribution in [1.82, 2.24) is 20.9 Å². The van der Waals surface area contributed by atoms with E-state index in [1.54, 1.807) is 7.05 Å². The standard InChI is InChI=1S/C14H26N4O2/c1-15-13(19)10-18-8-5-11(6-9-18)17-14(20)12-4-2-3-7-16-12/h11-12,16H,2-10H2,1H3,(H,15,19)(H,17,20). The molecule has 2 fully saturated rings. The Labute approximate surface area is 120 Å². The molecule has 2 saturated heterocycles. The first kappa shape index (κ1) is 15.3. The molecule has 6 nitrogen and oxygen atoms in total. The van der Waals surface area contributed by atoms with Crippen LogP contribution < -0.4 is 16.0 Å². The summed E-state index contributed by atoms with van der Waals surface area (Å²) in [4.78, 5) is 25.6. The highest BCUT2D eigenvalue weighted by atomic mass is 16.2. The molecule has 114 valence electrons. The van der Waals surface area contributed by atoms with Crippen molar-refractivity contribution in [2.75, 3.05) is 33.2 Å². The smallest absolute Gasteiger partial charge is 0.237 e. The predicted octanol–water partition coefficient (Wildman–Crippen LogP) is -0.545. The molecule has 0 aromatic rings. The van der Waals surface area contributed by atoms with Crippen molar-refractivity contribution < 1.29 is 9.59 Å². The molecule has 0 saturated carbocycles. The van der Waals surface area contributed by atoms with E-state index in [0.717, 1.165) is 45.3 Å². The first-order valence-electron chi connectivity index (χ1n) is 7.65. The third-order valence-electron chi connectivity index (χ3n) is 4.21. The molecule has 2 heterocycles. The summed E-state index contributed by atoms with van der Waals surface area (Å²) in [6.45, 7) is 3.15. The van der Waals surface area contributed by atoms with Crippen molar-refractivity contribution in [1.29, 1.82) is 0 Å². The Kier molecular flexibility index (Phi) is 5.79. The van der Waals surface area contributed by atoms with Gasteiger partial charge in [0.25, 0.3) is 0 Å². The van der Waals surface area contributed by atoms with Crippen molar-refractivity contribution in [2.24, 2.45) is 0 Å². The zero-order chi connectivity index (χ0) is 14.4. The quantitative estimate of drug-likeness (QED) is 0.647. The Morgan fingerprint density at radius 1 is 1.20 bits per heavy atom. The summed E-state index contributed by atoms with van der Waals surface area (Å²) < 4.78 is 0. The van der Waals surface area contributed by atoms with Gasteiger partial charge >= 0.3 is 0 Å². The van der Waals surface area contributed by atoms with Crippen molar-refractivity contribution >= 4 is 11.8 Å². The number of rotatable bonds is 4. The molecule has 0 radical (unpaired) electrons. The minimum atomic E-state index is -0.00681. The van der Waals surface area contributed by atoms with Crippen molar-refractivity contribution in [2.45, 2.75) is 44.2 Å². The second-order valence-corrected chi connectivity index (χ2v) is 5.73. The molecule has 0 aromatic heterocycles. The van der Waals surface area contributed by atoms with E-state index in [2.05, 4.69) is 20.9 Å². The van der Waals surface area contributed by atoms with Crippen LogP contribution in [0, 0.1) is 0 Å². The van der Waals surface area contributed by atoms with E-state index < -0.39 is 0 Å². The Morgan fingerprint density at radius 3 is 2.55 bits per heavy atom. The zero-order valence-electron chi connectivity index (χ0n) is 12.3. The minimum Gasteiger partial charge on any atom is -0.358 e. The van der Waals surface area contributed by atoms with Crippen LogP contribution in [0.25, 0.3) is 0 Å². The van der Waals surface area contributed by atoms with Gasteiger partial charge in [0.2, 0.25) is 11.8 Å². The second kappa shape index (κ2) is 7.59.